The number of carbonyl (C=O) groups excluding carboxylic acids is 3. The third kappa shape index (κ3) is 1.81. The second-order valence-corrected chi connectivity index (χ2v) is 4.78. The van der Waals surface area contributed by atoms with E-state index in [-0.39, 0.29) is 23.7 Å². The Morgan fingerprint density at radius 2 is 1.90 bits per heavy atom. The molecule has 0 saturated carbocycles. The standard InChI is InChI=1S/C16H12O4/c1-9(17)20-16-11-6-3-2-5-10(11)15(19)12-7-4-8-13(18)14(12)16/h2-7,12H,8H2,1H3. The number of ether oxygens (including phenoxy) is 1. The average Bonchev–Trinajstić information content (AvgIpc) is 2.43. The van der Waals surface area contributed by atoms with E-state index in [0.29, 0.717) is 16.7 Å². The van der Waals surface area contributed by atoms with Gasteiger partial charge in [0.25, 0.3) is 0 Å². The largest absolute Gasteiger partial charge is 0.426 e. The number of ketones is 2. The fourth-order valence-electron chi connectivity index (χ4n) is 2.64. The highest BCUT2D eigenvalue weighted by Gasteiger charge is 2.38. The molecule has 1 aromatic rings. The number of hydrogen-bond donors (Lipinski definition) is 0. The highest BCUT2D eigenvalue weighted by Crippen LogP contribution is 2.39. The summed E-state index contributed by atoms with van der Waals surface area (Å²) in [4.78, 5) is 35.9. The number of rotatable bonds is 1. The van der Waals surface area contributed by atoms with Crippen molar-refractivity contribution in [1.29, 1.82) is 0 Å². The van der Waals surface area contributed by atoms with E-state index in [4.69, 9.17) is 4.74 Å². The van der Waals surface area contributed by atoms with Crippen LogP contribution in [0.25, 0.3) is 5.76 Å². The quantitative estimate of drug-likeness (QED) is 0.579. The van der Waals surface area contributed by atoms with Crippen molar-refractivity contribution in [2.24, 2.45) is 5.92 Å². The zero-order chi connectivity index (χ0) is 14.3. The molecule has 0 aliphatic heterocycles. The van der Waals surface area contributed by atoms with Crippen LogP contribution in [0.4, 0.5) is 0 Å². The van der Waals surface area contributed by atoms with Gasteiger partial charge in [-0.05, 0) is 0 Å². The van der Waals surface area contributed by atoms with Gasteiger partial charge in [0.15, 0.2) is 11.6 Å². The maximum absolute atomic E-state index is 12.4. The van der Waals surface area contributed by atoms with Crippen LogP contribution in [-0.2, 0) is 14.3 Å². The highest BCUT2D eigenvalue weighted by atomic mass is 16.5. The van der Waals surface area contributed by atoms with Crippen molar-refractivity contribution in [3.63, 3.8) is 0 Å². The topological polar surface area (TPSA) is 60.4 Å². The van der Waals surface area contributed by atoms with Gasteiger partial charge < -0.3 is 4.74 Å². The Kier molecular flexibility index (Phi) is 2.86. The van der Waals surface area contributed by atoms with Crippen LogP contribution in [0.5, 0.6) is 0 Å². The summed E-state index contributed by atoms with van der Waals surface area (Å²) in [7, 11) is 0. The fraction of sp³-hybridized carbons (Fsp3) is 0.188. The van der Waals surface area contributed by atoms with E-state index in [0.717, 1.165) is 0 Å². The summed E-state index contributed by atoms with van der Waals surface area (Å²) >= 11 is 0. The first-order chi connectivity index (χ1) is 9.59. The molecule has 0 aromatic heterocycles. The maximum atomic E-state index is 12.4. The van der Waals surface area contributed by atoms with Gasteiger partial charge in [0.1, 0.15) is 5.76 Å². The third-order valence-electron chi connectivity index (χ3n) is 3.45. The lowest BCUT2D eigenvalue weighted by atomic mass is 9.76. The summed E-state index contributed by atoms with van der Waals surface area (Å²) in [5.74, 6) is -1.21. The summed E-state index contributed by atoms with van der Waals surface area (Å²) in [5, 5.41) is 0. The third-order valence-corrected chi connectivity index (χ3v) is 3.45. The second-order valence-electron chi connectivity index (χ2n) is 4.78. The lowest BCUT2D eigenvalue weighted by Crippen LogP contribution is -2.29. The molecule has 4 nitrogen and oxygen atoms in total. The molecule has 0 saturated heterocycles. The zero-order valence-corrected chi connectivity index (χ0v) is 10.9. The Balaban J connectivity index is 2.29. The monoisotopic (exact) mass is 268 g/mol. The maximum Gasteiger partial charge on any atom is 0.308 e. The minimum absolute atomic E-state index is 0.129. The number of hydrogen-bond acceptors (Lipinski definition) is 4. The van der Waals surface area contributed by atoms with Gasteiger partial charge in [-0.2, -0.15) is 0 Å². The Morgan fingerprint density at radius 1 is 1.20 bits per heavy atom. The van der Waals surface area contributed by atoms with Crippen molar-refractivity contribution >= 4 is 23.3 Å². The number of esters is 1. The Labute approximate surface area is 115 Å². The van der Waals surface area contributed by atoms with Crippen molar-refractivity contribution in [2.45, 2.75) is 13.3 Å². The van der Waals surface area contributed by atoms with Gasteiger partial charge in [-0.3, -0.25) is 14.4 Å². The predicted molar refractivity (Wildman–Crippen MR) is 71.7 cm³/mol. The van der Waals surface area contributed by atoms with Gasteiger partial charge in [0, 0.05) is 24.5 Å². The van der Waals surface area contributed by atoms with Crippen LogP contribution in [0.15, 0.2) is 42.0 Å². The molecule has 3 rings (SSSR count). The summed E-state index contributed by atoms with van der Waals surface area (Å²) in [6, 6.07) is 6.88. The summed E-state index contributed by atoms with van der Waals surface area (Å²) in [5.41, 5.74) is 1.30. The molecule has 0 spiro atoms. The molecule has 2 aliphatic rings. The molecule has 0 amide bonds. The van der Waals surface area contributed by atoms with E-state index in [2.05, 4.69) is 0 Å². The molecule has 2 aliphatic carbocycles. The Bertz CT molecular complexity index is 694. The molecular formula is C16H12O4. The average molecular weight is 268 g/mol. The van der Waals surface area contributed by atoms with Crippen LogP contribution in [0.1, 0.15) is 29.3 Å². The Hall–Kier alpha value is -2.49. The van der Waals surface area contributed by atoms with Gasteiger partial charge in [-0.15, -0.1) is 0 Å². The van der Waals surface area contributed by atoms with E-state index in [1.807, 2.05) is 0 Å². The van der Waals surface area contributed by atoms with Gasteiger partial charge in [-0.25, -0.2) is 0 Å². The predicted octanol–water partition coefficient (Wildman–Crippen LogP) is 2.30. The van der Waals surface area contributed by atoms with Crippen LogP contribution in [-0.4, -0.2) is 17.5 Å². The van der Waals surface area contributed by atoms with Crippen LogP contribution in [0, 0.1) is 5.92 Å². The molecule has 1 atom stereocenters. The Morgan fingerprint density at radius 3 is 2.60 bits per heavy atom. The van der Waals surface area contributed by atoms with Gasteiger partial charge in [-0.1, -0.05) is 36.4 Å². The summed E-state index contributed by atoms with van der Waals surface area (Å²) in [6.45, 7) is 1.28. The molecule has 20 heavy (non-hydrogen) atoms. The smallest absolute Gasteiger partial charge is 0.308 e. The highest BCUT2D eigenvalue weighted by molar-refractivity contribution is 6.18. The normalized spacial score (nSPS) is 20.6. The first kappa shape index (κ1) is 12.5. The van der Waals surface area contributed by atoms with Crippen molar-refractivity contribution in [3.8, 4) is 0 Å². The van der Waals surface area contributed by atoms with Crippen molar-refractivity contribution in [3.05, 3.63) is 53.1 Å². The van der Waals surface area contributed by atoms with E-state index < -0.39 is 11.9 Å². The number of fused-ring (bicyclic) bond motifs is 2. The molecule has 0 fully saturated rings. The molecule has 0 bridgehead atoms. The summed E-state index contributed by atoms with van der Waals surface area (Å²) in [6.07, 6.45) is 3.62. The number of allylic oxidation sites excluding steroid dienone is 3. The first-order valence-corrected chi connectivity index (χ1v) is 6.35. The van der Waals surface area contributed by atoms with Crippen molar-refractivity contribution < 1.29 is 19.1 Å². The number of Topliss-reactive ketones (excluding diaryl/α,β-unsaturated/α-hetero) is 2. The SMILES string of the molecule is CC(=O)OC1=C2C(=O)CC=CC2C(=O)c2ccccc21. The minimum Gasteiger partial charge on any atom is -0.426 e. The van der Waals surface area contributed by atoms with Crippen molar-refractivity contribution in [2.75, 3.05) is 0 Å². The van der Waals surface area contributed by atoms with Crippen LogP contribution >= 0.6 is 0 Å². The summed E-state index contributed by atoms with van der Waals surface area (Å²) < 4.78 is 5.24. The first-order valence-electron chi connectivity index (χ1n) is 6.35. The van der Waals surface area contributed by atoms with E-state index in [1.165, 1.54) is 6.92 Å². The van der Waals surface area contributed by atoms with Crippen LogP contribution in [0.2, 0.25) is 0 Å². The lowest BCUT2D eigenvalue weighted by Gasteiger charge is -2.27. The molecular weight excluding hydrogens is 256 g/mol. The van der Waals surface area contributed by atoms with Crippen molar-refractivity contribution in [1.82, 2.24) is 0 Å². The van der Waals surface area contributed by atoms with Gasteiger partial charge in [0.05, 0.1) is 11.5 Å². The molecule has 0 heterocycles. The van der Waals surface area contributed by atoms with Crippen LogP contribution in [0.3, 0.4) is 0 Å². The van der Waals surface area contributed by atoms with Gasteiger partial charge >= 0.3 is 5.97 Å². The molecule has 1 unspecified atom stereocenters. The van der Waals surface area contributed by atoms with Crippen LogP contribution < -0.4 is 0 Å². The molecule has 0 N–H and O–H groups in total. The molecule has 100 valence electrons. The zero-order valence-electron chi connectivity index (χ0n) is 10.9. The fourth-order valence-corrected chi connectivity index (χ4v) is 2.64. The second kappa shape index (κ2) is 4.56. The van der Waals surface area contributed by atoms with E-state index in [9.17, 15) is 14.4 Å². The molecule has 1 aromatic carbocycles. The minimum atomic E-state index is -0.638. The molecule has 0 radical (unpaired) electrons. The number of carbonyl (C=O) groups is 3. The van der Waals surface area contributed by atoms with E-state index >= 15 is 0 Å². The van der Waals surface area contributed by atoms with Gasteiger partial charge in [0.2, 0.25) is 0 Å². The van der Waals surface area contributed by atoms with E-state index in [1.54, 1.807) is 36.4 Å². The molecule has 4 heteroatoms. The number of benzene rings is 1. The lowest BCUT2D eigenvalue weighted by molar-refractivity contribution is -0.134.